The number of anilines is 1. The molecule has 0 bridgehead atoms. The summed E-state index contributed by atoms with van der Waals surface area (Å²) >= 11 is 12.0. The Kier molecular flexibility index (Phi) is 4.50. The molecular formula is C16H14Cl2N2O3. The van der Waals surface area contributed by atoms with Crippen molar-refractivity contribution in [2.45, 2.75) is 13.0 Å². The molecule has 0 fully saturated rings. The molecule has 0 spiro atoms. The molecule has 0 aliphatic carbocycles. The first-order valence-corrected chi connectivity index (χ1v) is 7.70. The van der Waals surface area contributed by atoms with Gasteiger partial charge in [-0.25, -0.2) is 4.79 Å². The van der Waals surface area contributed by atoms with Crippen LogP contribution in [0.3, 0.4) is 0 Å². The highest BCUT2D eigenvalue weighted by molar-refractivity contribution is 6.35. The van der Waals surface area contributed by atoms with Crippen LogP contribution in [-0.2, 0) is 0 Å². The summed E-state index contributed by atoms with van der Waals surface area (Å²) in [5.41, 5.74) is 1.40. The molecule has 1 heterocycles. The van der Waals surface area contributed by atoms with Crippen LogP contribution in [0.5, 0.6) is 11.5 Å². The molecule has 1 aliphatic heterocycles. The third-order valence-corrected chi connectivity index (χ3v) is 3.97. The van der Waals surface area contributed by atoms with Crippen LogP contribution in [0.25, 0.3) is 0 Å². The lowest BCUT2D eigenvalue weighted by Gasteiger charge is -2.16. The molecule has 23 heavy (non-hydrogen) atoms. The largest absolute Gasteiger partial charge is 0.454 e. The lowest BCUT2D eigenvalue weighted by molar-refractivity contribution is 0.174. The molecule has 0 saturated heterocycles. The van der Waals surface area contributed by atoms with Gasteiger partial charge in [-0.1, -0.05) is 29.3 Å². The predicted octanol–water partition coefficient (Wildman–Crippen LogP) is 4.60. The van der Waals surface area contributed by atoms with E-state index < -0.39 is 0 Å². The van der Waals surface area contributed by atoms with Crippen LogP contribution in [0, 0.1) is 0 Å². The minimum absolute atomic E-state index is 0.192. The van der Waals surface area contributed by atoms with Gasteiger partial charge in [-0.3, -0.25) is 0 Å². The molecule has 0 radical (unpaired) electrons. The van der Waals surface area contributed by atoms with Crippen molar-refractivity contribution in [1.29, 1.82) is 0 Å². The summed E-state index contributed by atoms with van der Waals surface area (Å²) in [6.07, 6.45) is 0. The second-order valence-corrected chi connectivity index (χ2v) is 5.90. The van der Waals surface area contributed by atoms with Gasteiger partial charge in [-0.2, -0.15) is 0 Å². The Balaban J connectivity index is 1.64. The van der Waals surface area contributed by atoms with Crippen LogP contribution in [0.4, 0.5) is 10.5 Å². The van der Waals surface area contributed by atoms with Crippen molar-refractivity contribution >= 4 is 34.9 Å². The van der Waals surface area contributed by atoms with Crippen LogP contribution < -0.4 is 20.1 Å². The predicted molar refractivity (Wildman–Crippen MR) is 89.6 cm³/mol. The van der Waals surface area contributed by atoms with Gasteiger partial charge in [-0.15, -0.1) is 0 Å². The summed E-state index contributed by atoms with van der Waals surface area (Å²) in [6.45, 7) is 2.03. The second kappa shape index (κ2) is 6.56. The van der Waals surface area contributed by atoms with E-state index in [0.29, 0.717) is 27.2 Å². The third-order valence-electron chi connectivity index (χ3n) is 3.41. The number of rotatable bonds is 3. The molecule has 120 valence electrons. The Hall–Kier alpha value is -2.11. The highest BCUT2D eigenvalue weighted by atomic mass is 35.5. The van der Waals surface area contributed by atoms with Gasteiger partial charge in [0.05, 0.1) is 6.04 Å². The van der Waals surface area contributed by atoms with Crippen molar-refractivity contribution < 1.29 is 14.3 Å². The fraction of sp³-hybridized carbons (Fsp3) is 0.188. The highest BCUT2D eigenvalue weighted by Gasteiger charge is 2.16. The van der Waals surface area contributed by atoms with Crippen molar-refractivity contribution in [1.82, 2.24) is 5.32 Å². The van der Waals surface area contributed by atoms with E-state index in [1.54, 1.807) is 36.4 Å². The smallest absolute Gasteiger partial charge is 0.319 e. The van der Waals surface area contributed by atoms with E-state index in [1.807, 2.05) is 6.92 Å². The van der Waals surface area contributed by atoms with Crippen molar-refractivity contribution in [3.05, 3.63) is 52.0 Å². The Bertz CT molecular complexity index is 752. The third kappa shape index (κ3) is 3.63. The van der Waals surface area contributed by atoms with E-state index in [4.69, 9.17) is 32.7 Å². The Morgan fingerprint density at radius 3 is 2.70 bits per heavy atom. The summed E-state index contributed by atoms with van der Waals surface area (Å²) in [4.78, 5) is 12.1. The quantitative estimate of drug-likeness (QED) is 0.848. The number of amides is 2. The number of nitrogens with one attached hydrogen (secondary N) is 2. The molecule has 2 N–H and O–H groups in total. The second-order valence-electron chi connectivity index (χ2n) is 5.05. The number of fused-ring (bicyclic) bond motifs is 1. The first kappa shape index (κ1) is 15.8. The number of ether oxygens (including phenoxy) is 2. The van der Waals surface area contributed by atoms with Gasteiger partial charge >= 0.3 is 6.03 Å². The first-order valence-electron chi connectivity index (χ1n) is 6.95. The number of urea groups is 1. The monoisotopic (exact) mass is 352 g/mol. The summed E-state index contributed by atoms with van der Waals surface area (Å²) in [5, 5.41) is 6.63. The maximum absolute atomic E-state index is 12.1. The number of hydrogen-bond donors (Lipinski definition) is 2. The SMILES string of the molecule is C[C@@H](NC(=O)Nc1ccc2c(c1)OCO2)c1ccc(Cl)cc1Cl. The molecule has 3 rings (SSSR count). The minimum Gasteiger partial charge on any atom is -0.454 e. The molecule has 2 aromatic rings. The number of carbonyl (C=O) groups is 1. The summed E-state index contributed by atoms with van der Waals surface area (Å²) in [6, 6.07) is 9.75. The van der Waals surface area contributed by atoms with E-state index in [2.05, 4.69) is 10.6 Å². The van der Waals surface area contributed by atoms with Crippen LogP contribution in [0.2, 0.25) is 10.0 Å². The van der Waals surface area contributed by atoms with Gasteiger partial charge < -0.3 is 20.1 Å². The molecule has 1 aliphatic rings. The molecular weight excluding hydrogens is 339 g/mol. The molecule has 5 nitrogen and oxygen atoms in total. The minimum atomic E-state index is -0.345. The van der Waals surface area contributed by atoms with Crippen molar-refractivity contribution in [3.8, 4) is 11.5 Å². The van der Waals surface area contributed by atoms with Crippen LogP contribution in [0.15, 0.2) is 36.4 Å². The molecule has 0 unspecified atom stereocenters. The van der Waals surface area contributed by atoms with Crippen molar-refractivity contribution in [2.24, 2.45) is 0 Å². The maximum Gasteiger partial charge on any atom is 0.319 e. The Morgan fingerprint density at radius 1 is 1.13 bits per heavy atom. The number of hydrogen-bond acceptors (Lipinski definition) is 3. The normalized spacial score (nSPS) is 13.5. The topological polar surface area (TPSA) is 59.6 Å². The standard InChI is InChI=1S/C16H14Cl2N2O3/c1-9(12-4-2-10(17)6-13(12)18)19-16(21)20-11-3-5-14-15(7-11)23-8-22-14/h2-7,9H,8H2,1H3,(H2,19,20,21)/t9-/m1/s1. The molecule has 0 saturated carbocycles. The van der Waals surface area contributed by atoms with Gasteiger partial charge in [-0.05, 0) is 36.8 Å². The zero-order chi connectivity index (χ0) is 16.4. The zero-order valence-corrected chi connectivity index (χ0v) is 13.7. The summed E-state index contributed by atoms with van der Waals surface area (Å²) in [7, 11) is 0. The van der Waals surface area contributed by atoms with Gasteiger partial charge in [0.2, 0.25) is 6.79 Å². The highest BCUT2D eigenvalue weighted by Crippen LogP contribution is 2.34. The van der Waals surface area contributed by atoms with Crippen LogP contribution >= 0.6 is 23.2 Å². The number of benzene rings is 2. The molecule has 0 aromatic heterocycles. The molecule has 7 heteroatoms. The van der Waals surface area contributed by atoms with Gasteiger partial charge in [0.25, 0.3) is 0 Å². The molecule has 2 amide bonds. The molecule has 1 atom stereocenters. The van der Waals surface area contributed by atoms with Crippen LogP contribution in [-0.4, -0.2) is 12.8 Å². The van der Waals surface area contributed by atoms with Crippen molar-refractivity contribution in [3.63, 3.8) is 0 Å². The Labute approximate surface area is 143 Å². The van der Waals surface area contributed by atoms with Gasteiger partial charge in [0.1, 0.15) is 0 Å². The average molecular weight is 353 g/mol. The zero-order valence-electron chi connectivity index (χ0n) is 12.2. The summed E-state index contributed by atoms with van der Waals surface area (Å²) < 4.78 is 10.5. The fourth-order valence-corrected chi connectivity index (χ4v) is 2.84. The number of halogens is 2. The Morgan fingerprint density at radius 2 is 1.91 bits per heavy atom. The average Bonchev–Trinajstić information content (AvgIpc) is 2.94. The lowest BCUT2D eigenvalue weighted by Crippen LogP contribution is -2.31. The number of carbonyl (C=O) groups excluding carboxylic acids is 1. The first-order chi connectivity index (χ1) is 11.0. The van der Waals surface area contributed by atoms with Gasteiger partial charge in [0.15, 0.2) is 11.5 Å². The van der Waals surface area contributed by atoms with E-state index in [-0.39, 0.29) is 18.9 Å². The van der Waals surface area contributed by atoms with E-state index in [1.165, 1.54) is 0 Å². The van der Waals surface area contributed by atoms with Gasteiger partial charge in [0, 0.05) is 21.8 Å². The van der Waals surface area contributed by atoms with Crippen LogP contribution in [0.1, 0.15) is 18.5 Å². The van der Waals surface area contributed by atoms with Crippen molar-refractivity contribution in [2.75, 3.05) is 12.1 Å². The summed E-state index contributed by atoms with van der Waals surface area (Å²) in [5.74, 6) is 1.27. The van der Waals surface area contributed by atoms with E-state index >= 15 is 0 Å². The van der Waals surface area contributed by atoms with E-state index in [0.717, 1.165) is 5.56 Å². The van der Waals surface area contributed by atoms with E-state index in [9.17, 15) is 4.79 Å². The fourth-order valence-electron chi connectivity index (χ4n) is 2.27. The molecule has 2 aromatic carbocycles. The maximum atomic E-state index is 12.1. The lowest BCUT2D eigenvalue weighted by atomic mass is 10.1.